The number of amides is 1. The topological polar surface area (TPSA) is 70.1 Å². The molecule has 4 rings (SSSR count). The third-order valence-electron chi connectivity index (χ3n) is 7.13. The van der Waals surface area contributed by atoms with Crippen molar-refractivity contribution in [3.05, 3.63) is 70.8 Å². The summed E-state index contributed by atoms with van der Waals surface area (Å²) in [4.78, 5) is 15.5. The Morgan fingerprint density at radius 2 is 1.50 bits per heavy atom. The average molecular weight is 402 g/mol. The Labute approximate surface area is 179 Å². The molecule has 0 bridgehead atoms. The first-order chi connectivity index (χ1) is 14.6. The number of rotatable bonds is 4. The van der Waals surface area contributed by atoms with Crippen molar-refractivity contribution in [3.63, 3.8) is 0 Å². The first kappa shape index (κ1) is 20.6. The molecule has 2 atom stereocenters. The minimum Gasteiger partial charge on any atom is -0.341 e. The maximum Gasteiger partial charge on any atom is 0.225 e. The van der Waals surface area contributed by atoms with Gasteiger partial charge in [-0.2, -0.15) is 5.26 Å². The van der Waals surface area contributed by atoms with Crippen molar-refractivity contribution >= 4 is 5.91 Å². The van der Waals surface area contributed by atoms with Crippen LogP contribution in [0, 0.1) is 30.1 Å². The molecule has 4 nitrogen and oxygen atoms in total. The van der Waals surface area contributed by atoms with E-state index in [1.807, 2.05) is 12.1 Å². The minimum atomic E-state index is 0.145. The van der Waals surface area contributed by atoms with Crippen LogP contribution < -0.4 is 5.73 Å². The van der Waals surface area contributed by atoms with Gasteiger partial charge in [-0.25, -0.2) is 0 Å². The monoisotopic (exact) mass is 401 g/mol. The SMILES string of the molecule is Cc1ccc([C@@H]2CN(C(=O)C3CCC(CN)CC3)C[C@H]2c2ccc(C#N)cc2)cc1. The van der Waals surface area contributed by atoms with Crippen molar-refractivity contribution in [1.82, 2.24) is 4.90 Å². The van der Waals surface area contributed by atoms with Gasteiger partial charge in [-0.15, -0.1) is 0 Å². The molecule has 30 heavy (non-hydrogen) atoms. The second-order valence-corrected chi connectivity index (χ2v) is 9.05. The fourth-order valence-corrected chi connectivity index (χ4v) is 5.18. The van der Waals surface area contributed by atoms with E-state index in [1.165, 1.54) is 16.7 Å². The molecule has 2 N–H and O–H groups in total. The summed E-state index contributed by atoms with van der Waals surface area (Å²) in [7, 11) is 0. The predicted octanol–water partition coefficient (Wildman–Crippen LogP) is 4.34. The lowest BCUT2D eigenvalue weighted by molar-refractivity contribution is -0.135. The Hall–Kier alpha value is -2.64. The summed E-state index contributed by atoms with van der Waals surface area (Å²) >= 11 is 0. The first-order valence-corrected chi connectivity index (χ1v) is 11.1. The van der Waals surface area contributed by atoms with Gasteiger partial charge in [0, 0.05) is 30.8 Å². The fraction of sp³-hybridized carbons (Fsp3) is 0.462. The summed E-state index contributed by atoms with van der Waals surface area (Å²) in [5.74, 6) is 1.58. The van der Waals surface area contributed by atoms with E-state index in [2.05, 4.69) is 54.3 Å². The lowest BCUT2D eigenvalue weighted by Crippen LogP contribution is -2.37. The molecule has 1 saturated heterocycles. The van der Waals surface area contributed by atoms with E-state index >= 15 is 0 Å². The highest BCUT2D eigenvalue weighted by Crippen LogP contribution is 2.41. The van der Waals surface area contributed by atoms with E-state index in [9.17, 15) is 4.79 Å². The number of carbonyl (C=O) groups excluding carboxylic acids is 1. The summed E-state index contributed by atoms with van der Waals surface area (Å²) in [6.07, 6.45) is 4.07. The lowest BCUT2D eigenvalue weighted by atomic mass is 9.81. The van der Waals surface area contributed by atoms with Gasteiger partial charge in [0.2, 0.25) is 5.91 Å². The molecule has 2 fully saturated rings. The molecule has 2 aromatic carbocycles. The molecule has 4 heteroatoms. The number of hydrogen-bond acceptors (Lipinski definition) is 3. The van der Waals surface area contributed by atoms with Crippen LogP contribution in [0.2, 0.25) is 0 Å². The molecular weight excluding hydrogens is 370 g/mol. The maximum absolute atomic E-state index is 13.4. The van der Waals surface area contributed by atoms with Crippen molar-refractivity contribution in [3.8, 4) is 6.07 Å². The van der Waals surface area contributed by atoms with Crippen LogP contribution in [-0.2, 0) is 4.79 Å². The molecule has 1 heterocycles. The van der Waals surface area contributed by atoms with E-state index in [1.54, 1.807) is 0 Å². The Bertz CT molecular complexity index is 905. The van der Waals surface area contributed by atoms with Gasteiger partial charge in [0.25, 0.3) is 0 Å². The number of carbonyl (C=O) groups is 1. The number of likely N-dealkylation sites (tertiary alicyclic amines) is 1. The summed E-state index contributed by atoms with van der Waals surface area (Å²) < 4.78 is 0. The minimum absolute atomic E-state index is 0.145. The molecule has 1 aliphatic carbocycles. The smallest absolute Gasteiger partial charge is 0.225 e. The lowest BCUT2D eigenvalue weighted by Gasteiger charge is -2.30. The van der Waals surface area contributed by atoms with Gasteiger partial charge in [-0.05, 0) is 68.3 Å². The Balaban J connectivity index is 1.56. The maximum atomic E-state index is 13.4. The van der Waals surface area contributed by atoms with E-state index < -0.39 is 0 Å². The van der Waals surface area contributed by atoms with Gasteiger partial charge in [0.05, 0.1) is 11.6 Å². The highest BCUT2D eigenvalue weighted by atomic mass is 16.2. The van der Waals surface area contributed by atoms with Gasteiger partial charge in [-0.3, -0.25) is 4.79 Å². The third-order valence-corrected chi connectivity index (χ3v) is 7.13. The van der Waals surface area contributed by atoms with E-state index in [4.69, 9.17) is 11.0 Å². The van der Waals surface area contributed by atoms with Crippen molar-refractivity contribution in [1.29, 1.82) is 5.26 Å². The van der Waals surface area contributed by atoms with Gasteiger partial charge >= 0.3 is 0 Å². The number of nitriles is 1. The number of aryl methyl sites for hydroxylation is 1. The highest BCUT2D eigenvalue weighted by Gasteiger charge is 2.39. The number of hydrogen-bond donors (Lipinski definition) is 1. The second kappa shape index (κ2) is 9.02. The zero-order chi connectivity index (χ0) is 21.1. The predicted molar refractivity (Wildman–Crippen MR) is 119 cm³/mol. The molecular formula is C26H31N3O. The van der Waals surface area contributed by atoms with Gasteiger partial charge in [0.15, 0.2) is 0 Å². The third kappa shape index (κ3) is 4.27. The Morgan fingerprint density at radius 3 is 2.00 bits per heavy atom. The number of benzene rings is 2. The number of nitrogens with two attached hydrogens (primary N) is 1. The Kier molecular flexibility index (Phi) is 6.20. The van der Waals surface area contributed by atoms with Crippen molar-refractivity contribution in [2.75, 3.05) is 19.6 Å². The molecule has 0 unspecified atom stereocenters. The molecule has 0 spiro atoms. The standard InChI is InChI=1S/C26H31N3O/c1-18-2-8-21(9-3-18)24-16-29(26(30)23-12-6-20(15-28)7-13-23)17-25(24)22-10-4-19(14-27)5-11-22/h2-5,8-11,20,23-25H,6-7,12-13,15-17,28H2,1H3/t20?,23?,24-,25-/m0/s1. The van der Waals surface area contributed by atoms with Crippen LogP contribution in [0.5, 0.6) is 0 Å². The fourth-order valence-electron chi connectivity index (χ4n) is 5.18. The van der Waals surface area contributed by atoms with Crippen LogP contribution in [0.1, 0.15) is 59.8 Å². The summed E-state index contributed by atoms with van der Waals surface area (Å²) in [6, 6.07) is 18.8. The van der Waals surface area contributed by atoms with Crippen LogP contribution in [0.4, 0.5) is 0 Å². The van der Waals surface area contributed by atoms with E-state index in [-0.39, 0.29) is 17.8 Å². The molecule has 1 aliphatic heterocycles. The average Bonchev–Trinajstić information content (AvgIpc) is 3.24. The van der Waals surface area contributed by atoms with E-state index in [0.717, 1.165) is 45.3 Å². The molecule has 1 amide bonds. The van der Waals surface area contributed by atoms with Crippen LogP contribution in [0.15, 0.2) is 48.5 Å². The van der Waals surface area contributed by atoms with Crippen molar-refractivity contribution in [2.24, 2.45) is 17.6 Å². The van der Waals surface area contributed by atoms with Gasteiger partial charge in [-0.1, -0.05) is 42.0 Å². The molecule has 0 aromatic heterocycles. The van der Waals surface area contributed by atoms with E-state index in [0.29, 0.717) is 17.4 Å². The molecule has 156 valence electrons. The molecule has 2 aromatic rings. The number of nitrogens with zero attached hydrogens (tertiary/aromatic N) is 2. The van der Waals surface area contributed by atoms with Crippen LogP contribution in [0.3, 0.4) is 0 Å². The summed E-state index contributed by atoms with van der Waals surface area (Å²) in [5.41, 5.74) is 10.2. The van der Waals surface area contributed by atoms with Crippen LogP contribution in [0.25, 0.3) is 0 Å². The zero-order valence-electron chi connectivity index (χ0n) is 17.8. The largest absolute Gasteiger partial charge is 0.341 e. The van der Waals surface area contributed by atoms with Gasteiger partial charge < -0.3 is 10.6 Å². The summed E-state index contributed by atoms with van der Waals surface area (Å²) in [5, 5.41) is 9.13. The van der Waals surface area contributed by atoms with Gasteiger partial charge in [0.1, 0.15) is 0 Å². The second-order valence-electron chi connectivity index (χ2n) is 9.05. The van der Waals surface area contributed by atoms with Crippen LogP contribution in [-0.4, -0.2) is 30.4 Å². The normalized spacial score (nSPS) is 26.4. The molecule has 2 aliphatic rings. The summed E-state index contributed by atoms with van der Waals surface area (Å²) in [6.45, 7) is 4.36. The molecule has 1 saturated carbocycles. The van der Waals surface area contributed by atoms with Crippen molar-refractivity contribution in [2.45, 2.75) is 44.4 Å². The quantitative estimate of drug-likeness (QED) is 0.828. The van der Waals surface area contributed by atoms with Crippen molar-refractivity contribution < 1.29 is 4.79 Å². The van der Waals surface area contributed by atoms with Crippen LogP contribution >= 0.6 is 0 Å². The highest BCUT2D eigenvalue weighted by molar-refractivity contribution is 5.79. The zero-order valence-corrected chi connectivity index (χ0v) is 17.8. The first-order valence-electron chi connectivity index (χ1n) is 11.1. The molecule has 0 radical (unpaired) electrons. The Morgan fingerprint density at radius 1 is 0.967 bits per heavy atom.